The fourth-order valence-corrected chi connectivity index (χ4v) is 0.890. The number of rotatable bonds is 6. The smallest absolute Gasteiger partial charge is 0.242 e. The van der Waals surface area contributed by atoms with E-state index in [1.807, 2.05) is 6.92 Å². The Bertz CT molecular complexity index is 215. The van der Waals surface area contributed by atoms with Crippen molar-refractivity contribution in [1.29, 1.82) is 0 Å². The van der Waals surface area contributed by atoms with Gasteiger partial charge in [0, 0.05) is 13.0 Å². The average molecular weight is 185 g/mol. The fourth-order valence-electron chi connectivity index (χ4n) is 0.890. The lowest BCUT2D eigenvalue weighted by molar-refractivity contribution is 0.113. The molecule has 0 radical (unpaired) electrons. The molecule has 0 aliphatic rings. The van der Waals surface area contributed by atoms with Crippen LogP contribution in [0.25, 0.3) is 0 Å². The molecule has 0 saturated carbocycles. The van der Waals surface area contributed by atoms with Gasteiger partial charge in [0.15, 0.2) is 0 Å². The van der Waals surface area contributed by atoms with Gasteiger partial charge in [-0.3, -0.25) is 0 Å². The van der Waals surface area contributed by atoms with Crippen molar-refractivity contribution >= 4 is 0 Å². The highest BCUT2D eigenvalue weighted by molar-refractivity contribution is 4.80. The van der Waals surface area contributed by atoms with Crippen LogP contribution in [0.1, 0.15) is 25.1 Å². The summed E-state index contributed by atoms with van der Waals surface area (Å²) in [5, 5.41) is 7.68. The monoisotopic (exact) mass is 185 g/mol. The largest absolute Gasteiger partial charge is 0.423 e. The SMILES string of the molecule is CCOCc1nnc(CCCN)o1. The summed E-state index contributed by atoms with van der Waals surface area (Å²) < 4.78 is 10.4. The van der Waals surface area contributed by atoms with Gasteiger partial charge in [0.2, 0.25) is 11.8 Å². The first-order chi connectivity index (χ1) is 6.36. The van der Waals surface area contributed by atoms with Crippen LogP contribution < -0.4 is 5.73 Å². The van der Waals surface area contributed by atoms with Crippen LogP contribution >= 0.6 is 0 Å². The third-order valence-corrected chi connectivity index (χ3v) is 1.53. The Labute approximate surface area is 77.3 Å². The van der Waals surface area contributed by atoms with Crippen LogP contribution in [0.15, 0.2) is 4.42 Å². The van der Waals surface area contributed by atoms with E-state index in [1.165, 1.54) is 0 Å². The van der Waals surface area contributed by atoms with E-state index in [-0.39, 0.29) is 0 Å². The lowest BCUT2D eigenvalue weighted by Gasteiger charge is -1.93. The third-order valence-electron chi connectivity index (χ3n) is 1.53. The molecule has 0 saturated heterocycles. The second kappa shape index (κ2) is 5.66. The van der Waals surface area contributed by atoms with Crippen molar-refractivity contribution in [3.05, 3.63) is 11.8 Å². The van der Waals surface area contributed by atoms with Gasteiger partial charge in [0.25, 0.3) is 0 Å². The van der Waals surface area contributed by atoms with Crippen molar-refractivity contribution in [2.75, 3.05) is 13.2 Å². The van der Waals surface area contributed by atoms with Gasteiger partial charge < -0.3 is 14.9 Å². The molecule has 0 amide bonds. The molecule has 2 N–H and O–H groups in total. The third kappa shape index (κ3) is 3.52. The van der Waals surface area contributed by atoms with E-state index in [2.05, 4.69) is 10.2 Å². The molecule has 74 valence electrons. The molecule has 0 bridgehead atoms. The van der Waals surface area contributed by atoms with Crippen molar-refractivity contribution in [3.8, 4) is 0 Å². The van der Waals surface area contributed by atoms with Crippen LogP contribution in [0.5, 0.6) is 0 Å². The summed E-state index contributed by atoms with van der Waals surface area (Å²) in [6, 6.07) is 0. The van der Waals surface area contributed by atoms with Gasteiger partial charge in [0.1, 0.15) is 6.61 Å². The molecular weight excluding hydrogens is 170 g/mol. The molecule has 0 aromatic carbocycles. The predicted octanol–water partition coefficient (Wildman–Crippen LogP) is 0.497. The van der Waals surface area contributed by atoms with Crippen LogP contribution in [0.2, 0.25) is 0 Å². The van der Waals surface area contributed by atoms with Gasteiger partial charge in [-0.2, -0.15) is 0 Å². The highest BCUT2D eigenvalue weighted by Gasteiger charge is 2.04. The number of aromatic nitrogens is 2. The number of nitrogens with zero attached hydrogens (tertiary/aromatic N) is 2. The Morgan fingerprint density at radius 3 is 2.85 bits per heavy atom. The van der Waals surface area contributed by atoms with Crippen molar-refractivity contribution in [3.63, 3.8) is 0 Å². The molecule has 0 fully saturated rings. The molecule has 1 aromatic heterocycles. The quantitative estimate of drug-likeness (QED) is 0.698. The summed E-state index contributed by atoms with van der Waals surface area (Å²) in [7, 11) is 0. The molecule has 0 spiro atoms. The molecule has 0 aliphatic heterocycles. The first-order valence-corrected chi connectivity index (χ1v) is 4.46. The first-order valence-electron chi connectivity index (χ1n) is 4.46. The molecule has 0 aliphatic carbocycles. The van der Waals surface area contributed by atoms with Crippen LogP contribution in [0.3, 0.4) is 0 Å². The molecule has 5 heteroatoms. The zero-order valence-electron chi connectivity index (χ0n) is 7.82. The maximum absolute atomic E-state index is 5.35. The average Bonchev–Trinajstić information content (AvgIpc) is 2.59. The number of hydrogen-bond acceptors (Lipinski definition) is 5. The van der Waals surface area contributed by atoms with Crippen molar-refractivity contribution in [2.45, 2.75) is 26.4 Å². The number of aryl methyl sites for hydroxylation is 1. The number of ether oxygens (including phenoxy) is 1. The van der Waals surface area contributed by atoms with Crippen LogP contribution in [0, 0.1) is 0 Å². The van der Waals surface area contributed by atoms with E-state index in [0.717, 1.165) is 12.8 Å². The van der Waals surface area contributed by atoms with E-state index in [1.54, 1.807) is 0 Å². The zero-order chi connectivity index (χ0) is 9.52. The molecule has 1 aromatic rings. The van der Waals surface area contributed by atoms with Gasteiger partial charge in [-0.05, 0) is 19.9 Å². The van der Waals surface area contributed by atoms with Gasteiger partial charge in [-0.1, -0.05) is 0 Å². The van der Waals surface area contributed by atoms with Crippen molar-refractivity contribution in [1.82, 2.24) is 10.2 Å². The minimum Gasteiger partial charge on any atom is -0.423 e. The molecule has 0 atom stereocenters. The second-order valence-electron chi connectivity index (χ2n) is 2.62. The van der Waals surface area contributed by atoms with Crippen LogP contribution in [-0.2, 0) is 17.8 Å². The number of hydrogen-bond donors (Lipinski definition) is 1. The Morgan fingerprint density at radius 1 is 1.38 bits per heavy atom. The summed E-state index contributed by atoms with van der Waals surface area (Å²) in [6.07, 6.45) is 1.62. The molecule has 1 heterocycles. The summed E-state index contributed by atoms with van der Waals surface area (Å²) in [5.74, 6) is 1.18. The molecule has 1 rings (SSSR count). The summed E-state index contributed by atoms with van der Waals surface area (Å²) in [4.78, 5) is 0. The van der Waals surface area contributed by atoms with Crippen LogP contribution in [0.4, 0.5) is 0 Å². The Kier molecular flexibility index (Phi) is 4.42. The van der Waals surface area contributed by atoms with Gasteiger partial charge in [0.05, 0.1) is 0 Å². The van der Waals surface area contributed by atoms with Crippen molar-refractivity contribution < 1.29 is 9.15 Å². The van der Waals surface area contributed by atoms with E-state index < -0.39 is 0 Å². The van der Waals surface area contributed by atoms with E-state index in [0.29, 0.717) is 31.5 Å². The highest BCUT2D eigenvalue weighted by Crippen LogP contribution is 2.03. The first kappa shape index (κ1) is 10.1. The summed E-state index contributed by atoms with van der Waals surface area (Å²) in [6.45, 7) is 3.61. The van der Waals surface area contributed by atoms with Gasteiger partial charge >= 0.3 is 0 Å². The summed E-state index contributed by atoms with van der Waals surface area (Å²) >= 11 is 0. The molecule has 0 unspecified atom stereocenters. The standard InChI is InChI=1S/C8H15N3O2/c1-2-12-6-8-11-10-7(13-8)4-3-5-9/h2-6,9H2,1H3. The second-order valence-corrected chi connectivity index (χ2v) is 2.62. The van der Waals surface area contributed by atoms with Crippen LogP contribution in [-0.4, -0.2) is 23.3 Å². The van der Waals surface area contributed by atoms with Crippen molar-refractivity contribution in [2.24, 2.45) is 5.73 Å². The lowest BCUT2D eigenvalue weighted by atomic mass is 10.3. The Balaban J connectivity index is 2.34. The van der Waals surface area contributed by atoms with Gasteiger partial charge in [-0.25, -0.2) is 0 Å². The molecule has 13 heavy (non-hydrogen) atoms. The minimum absolute atomic E-state index is 0.395. The van der Waals surface area contributed by atoms with E-state index >= 15 is 0 Å². The maximum atomic E-state index is 5.35. The Morgan fingerprint density at radius 2 is 2.15 bits per heavy atom. The fraction of sp³-hybridized carbons (Fsp3) is 0.750. The lowest BCUT2D eigenvalue weighted by Crippen LogP contribution is -2.00. The number of nitrogens with two attached hydrogens (primary N) is 1. The molecule has 5 nitrogen and oxygen atoms in total. The zero-order valence-corrected chi connectivity index (χ0v) is 7.82. The minimum atomic E-state index is 0.395. The van der Waals surface area contributed by atoms with Gasteiger partial charge in [-0.15, -0.1) is 10.2 Å². The van der Waals surface area contributed by atoms with E-state index in [4.69, 9.17) is 14.9 Å². The highest BCUT2D eigenvalue weighted by atomic mass is 16.5. The topological polar surface area (TPSA) is 74.2 Å². The predicted molar refractivity (Wildman–Crippen MR) is 47.0 cm³/mol. The summed E-state index contributed by atoms with van der Waals surface area (Å²) in [5.41, 5.74) is 5.35. The molecular formula is C8H15N3O2. The van der Waals surface area contributed by atoms with E-state index in [9.17, 15) is 0 Å². The Hall–Kier alpha value is -0.940. The normalized spacial score (nSPS) is 10.6. The maximum Gasteiger partial charge on any atom is 0.242 e.